The van der Waals surface area contributed by atoms with Gasteiger partial charge < -0.3 is 34.8 Å². The highest BCUT2D eigenvalue weighted by Gasteiger charge is 2.64. The summed E-state index contributed by atoms with van der Waals surface area (Å²) in [7, 11) is 6.84. The van der Waals surface area contributed by atoms with E-state index in [1.807, 2.05) is 25.1 Å². The number of fused-ring (bicyclic) bond motifs is 5. The molecule has 3 aromatic rings. The van der Waals surface area contributed by atoms with Crippen molar-refractivity contribution >= 4 is 40.0 Å². The third-order valence-corrected chi connectivity index (χ3v) is 8.29. The lowest BCUT2D eigenvalue weighted by Gasteiger charge is -2.50. The second-order valence-corrected chi connectivity index (χ2v) is 10.9. The van der Waals surface area contributed by atoms with Crippen LogP contribution in [-0.2, 0) is 20.8 Å². The van der Waals surface area contributed by atoms with Crippen molar-refractivity contribution in [1.29, 1.82) is 0 Å². The van der Waals surface area contributed by atoms with Crippen LogP contribution in [0.1, 0.15) is 17.5 Å². The number of oxazole rings is 1. The summed E-state index contributed by atoms with van der Waals surface area (Å²) in [6.45, 7) is 0. The number of hydrogen-bond donors (Lipinski definition) is 4. The lowest BCUT2D eigenvalue weighted by Crippen LogP contribution is -2.65. The van der Waals surface area contributed by atoms with E-state index in [1.54, 1.807) is 26.2 Å². The zero-order chi connectivity index (χ0) is 28.8. The molecule has 0 spiro atoms. The molecule has 2 aromatic heterocycles. The van der Waals surface area contributed by atoms with Gasteiger partial charge in [0.05, 0.1) is 17.9 Å². The van der Waals surface area contributed by atoms with Gasteiger partial charge in [-0.15, -0.1) is 0 Å². The second kappa shape index (κ2) is 8.54. The lowest BCUT2D eigenvalue weighted by molar-refractivity contribution is -0.153. The van der Waals surface area contributed by atoms with Gasteiger partial charge in [0.25, 0.3) is 11.8 Å². The topological polar surface area (TPSA) is 184 Å². The quantitative estimate of drug-likeness (QED) is 0.348. The van der Waals surface area contributed by atoms with Crippen LogP contribution in [0.15, 0.2) is 50.2 Å². The van der Waals surface area contributed by atoms with Crippen LogP contribution < -0.4 is 10.6 Å². The van der Waals surface area contributed by atoms with E-state index in [0.717, 1.165) is 5.69 Å². The number of amides is 1. The monoisotopic (exact) mass is 548 g/mol. The van der Waals surface area contributed by atoms with Crippen LogP contribution >= 0.6 is 0 Å². The van der Waals surface area contributed by atoms with Gasteiger partial charge in [0, 0.05) is 31.3 Å². The zero-order valence-electron chi connectivity index (χ0n) is 22.3. The molecule has 1 amide bonds. The van der Waals surface area contributed by atoms with Crippen molar-refractivity contribution in [2.45, 2.75) is 24.5 Å². The normalized spacial score (nSPS) is 26.3. The molecular formula is C28H28N4O8. The molecule has 3 aliphatic rings. The Balaban J connectivity index is 1.61. The molecule has 40 heavy (non-hydrogen) atoms. The number of hydrogen-bond acceptors (Lipinski definition) is 11. The molecule has 12 nitrogen and oxygen atoms in total. The maximum atomic E-state index is 14.1. The van der Waals surface area contributed by atoms with Crippen molar-refractivity contribution in [2.24, 2.45) is 17.6 Å². The molecule has 1 fully saturated rings. The first-order valence-corrected chi connectivity index (χ1v) is 12.7. The van der Waals surface area contributed by atoms with Crippen LogP contribution in [0.2, 0.25) is 0 Å². The van der Waals surface area contributed by atoms with Crippen LogP contribution in [0, 0.1) is 11.8 Å². The van der Waals surface area contributed by atoms with Crippen molar-refractivity contribution in [1.82, 2.24) is 9.88 Å². The van der Waals surface area contributed by atoms with Gasteiger partial charge in [-0.25, -0.2) is 4.98 Å². The summed E-state index contributed by atoms with van der Waals surface area (Å²) in [5, 5.41) is 34.6. The van der Waals surface area contributed by atoms with Gasteiger partial charge in [-0.3, -0.25) is 19.3 Å². The number of aliphatic hydroxyl groups is 3. The molecule has 0 radical (unpaired) electrons. The van der Waals surface area contributed by atoms with E-state index in [9.17, 15) is 29.7 Å². The maximum absolute atomic E-state index is 14.1. The average Bonchev–Trinajstić information content (AvgIpc) is 3.55. The molecular weight excluding hydrogens is 520 g/mol. The van der Waals surface area contributed by atoms with Gasteiger partial charge in [0.15, 0.2) is 22.7 Å². The summed E-state index contributed by atoms with van der Waals surface area (Å²) in [6.07, 6.45) is 1.81. The second-order valence-electron chi connectivity index (χ2n) is 10.9. The molecule has 0 bridgehead atoms. The number of ketones is 2. The Morgan fingerprint density at radius 1 is 1.20 bits per heavy atom. The number of likely N-dealkylation sites (N-methyl/N-ethyl adjacent to an activating group) is 1. The minimum atomic E-state index is -2.65. The Kier molecular flexibility index (Phi) is 5.51. The Morgan fingerprint density at radius 2 is 1.93 bits per heavy atom. The molecule has 208 valence electrons. The number of carbonyl (C=O) groups is 3. The first-order chi connectivity index (χ1) is 18.9. The Hall–Kier alpha value is -4.42. The minimum Gasteiger partial charge on any atom is -0.508 e. The highest BCUT2D eigenvalue weighted by atomic mass is 16.4. The number of anilines is 1. The number of Topliss-reactive ketones (excluding diaryl/α,β-unsaturated/α-hetero) is 2. The molecule has 0 aliphatic heterocycles. The van der Waals surface area contributed by atoms with Gasteiger partial charge in [-0.05, 0) is 56.6 Å². The number of primary amides is 1. The largest absolute Gasteiger partial charge is 0.508 e. The Bertz CT molecular complexity index is 1680. The van der Waals surface area contributed by atoms with Gasteiger partial charge in [-0.2, -0.15) is 0 Å². The number of nitrogens with zero attached hydrogens (tertiary/aromatic N) is 3. The fourth-order valence-corrected chi connectivity index (χ4v) is 6.58. The fraction of sp³-hybridized carbons (Fsp3) is 0.357. The standard InChI is InChI=1S/C28H28N4O8/c1-31(2)15-10-14-23(40-27(30-14)16-6-5-7-39-16)18-12(15)8-11-9-13-20(32(3)4)22(34)19(26(29)37)25(36)28(13,38)24(35)17(11)21(18)33/h5-7,10-11,13,20,33,36,38H,8-9H2,1-4H3,(H2,29,37)/t11?,13?,20-,28-/m0/s1. The number of rotatable bonds is 4. The van der Waals surface area contributed by atoms with E-state index >= 15 is 0 Å². The summed E-state index contributed by atoms with van der Waals surface area (Å²) < 4.78 is 11.5. The van der Waals surface area contributed by atoms with Crippen molar-refractivity contribution in [3.05, 3.63) is 52.5 Å². The summed E-state index contributed by atoms with van der Waals surface area (Å²) in [5.41, 5.74) is 4.11. The van der Waals surface area contributed by atoms with Crippen LogP contribution in [0.4, 0.5) is 5.69 Å². The lowest BCUT2D eigenvalue weighted by atomic mass is 9.57. The van der Waals surface area contributed by atoms with Crippen LogP contribution in [-0.4, -0.2) is 82.5 Å². The predicted octanol–water partition coefficient (Wildman–Crippen LogP) is 1.73. The number of benzene rings is 1. The van der Waals surface area contributed by atoms with Crippen LogP contribution in [0.25, 0.3) is 28.5 Å². The van der Waals surface area contributed by atoms with E-state index in [0.29, 0.717) is 16.8 Å². The highest BCUT2D eigenvalue weighted by molar-refractivity contribution is 6.24. The van der Waals surface area contributed by atoms with E-state index in [4.69, 9.17) is 14.6 Å². The number of aliphatic hydroxyl groups excluding tert-OH is 2. The molecule has 2 heterocycles. The van der Waals surface area contributed by atoms with Gasteiger partial charge in [0.1, 0.15) is 22.6 Å². The molecule has 5 N–H and O–H groups in total. The first-order valence-electron chi connectivity index (χ1n) is 12.7. The summed E-state index contributed by atoms with van der Waals surface area (Å²) >= 11 is 0. The van der Waals surface area contributed by atoms with Gasteiger partial charge in [0.2, 0.25) is 5.78 Å². The number of nitrogens with two attached hydrogens (primary N) is 1. The SMILES string of the molecule is CN(C)c1cc2nc(-c3ccco3)oc2c2c1CC1CC3[C@H](N(C)C)C(=O)C(C(N)=O)=C(O)[C@@]3(O)C(=O)C1=C2O. The molecule has 3 aliphatic carbocycles. The third kappa shape index (κ3) is 3.26. The van der Waals surface area contributed by atoms with Crippen molar-refractivity contribution in [2.75, 3.05) is 33.1 Å². The molecule has 1 saturated carbocycles. The minimum absolute atomic E-state index is 0.0602. The highest BCUT2D eigenvalue weighted by Crippen LogP contribution is 2.53. The number of furan rings is 1. The number of aromatic nitrogens is 1. The number of carbonyl (C=O) groups excluding carboxylic acids is 3. The van der Waals surface area contributed by atoms with Crippen molar-refractivity contribution in [3.8, 4) is 11.7 Å². The summed E-state index contributed by atoms with van der Waals surface area (Å²) in [4.78, 5) is 47.4. The van der Waals surface area contributed by atoms with Crippen molar-refractivity contribution in [3.63, 3.8) is 0 Å². The van der Waals surface area contributed by atoms with E-state index < -0.39 is 58.0 Å². The van der Waals surface area contributed by atoms with Crippen LogP contribution in [0.5, 0.6) is 0 Å². The summed E-state index contributed by atoms with van der Waals surface area (Å²) in [6, 6.07) is 4.07. The van der Waals surface area contributed by atoms with Gasteiger partial charge in [-0.1, -0.05) is 0 Å². The molecule has 4 atom stereocenters. The third-order valence-electron chi connectivity index (χ3n) is 8.29. The fourth-order valence-electron chi connectivity index (χ4n) is 6.58. The molecule has 12 heteroatoms. The predicted molar refractivity (Wildman–Crippen MR) is 142 cm³/mol. The maximum Gasteiger partial charge on any atom is 0.263 e. The Labute approximate surface area is 228 Å². The van der Waals surface area contributed by atoms with E-state index in [1.165, 1.54) is 11.2 Å². The Morgan fingerprint density at radius 3 is 2.52 bits per heavy atom. The average molecular weight is 549 g/mol. The zero-order valence-corrected chi connectivity index (χ0v) is 22.3. The van der Waals surface area contributed by atoms with Crippen molar-refractivity contribution < 1.29 is 38.5 Å². The van der Waals surface area contributed by atoms with Gasteiger partial charge >= 0.3 is 0 Å². The molecule has 0 saturated heterocycles. The molecule has 6 rings (SSSR count). The summed E-state index contributed by atoms with van der Waals surface area (Å²) in [5.74, 6) is -5.69. The molecule has 2 unspecified atom stereocenters. The van der Waals surface area contributed by atoms with E-state index in [-0.39, 0.29) is 35.5 Å². The first kappa shape index (κ1) is 25.8. The molecule has 1 aromatic carbocycles. The van der Waals surface area contributed by atoms with Crippen LogP contribution in [0.3, 0.4) is 0 Å². The smallest absolute Gasteiger partial charge is 0.263 e. The van der Waals surface area contributed by atoms with E-state index in [2.05, 4.69) is 4.98 Å².